The molecule has 1 amide bonds. The van der Waals surface area contributed by atoms with Crippen molar-refractivity contribution in [1.82, 2.24) is 4.98 Å². The number of aromatic nitrogens is 1. The second-order valence-electron chi connectivity index (χ2n) is 5.67. The van der Waals surface area contributed by atoms with Crippen LogP contribution in [-0.2, 0) is 6.18 Å². The molecule has 0 atom stereocenters. The summed E-state index contributed by atoms with van der Waals surface area (Å²) in [5.41, 5.74) is -0.421. The van der Waals surface area contributed by atoms with Gasteiger partial charge in [-0.3, -0.25) is 14.9 Å². The van der Waals surface area contributed by atoms with Gasteiger partial charge in [0.15, 0.2) is 0 Å². The van der Waals surface area contributed by atoms with Crippen LogP contribution in [0, 0.1) is 17.0 Å². The molecule has 0 spiro atoms. The standard InChI is InChI=1S/C17H12F3N3O3/c1-9-2-3-10(6-14(9)17(18,19)20)22-16(24)13-8-21-15-5-4-11(23(25)26)7-12(13)15/h2-8,21H,1H3,(H,22,24). The van der Waals surface area contributed by atoms with E-state index in [1.54, 1.807) is 0 Å². The van der Waals surface area contributed by atoms with Crippen LogP contribution < -0.4 is 5.32 Å². The van der Waals surface area contributed by atoms with Crippen molar-refractivity contribution in [2.45, 2.75) is 13.1 Å². The van der Waals surface area contributed by atoms with Gasteiger partial charge in [-0.15, -0.1) is 0 Å². The first-order valence-corrected chi connectivity index (χ1v) is 7.41. The molecule has 134 valence electrons. The number of carbonyl (C=O) groups excluding carboxylic acids is 1. The summed E-state index contributed by atoms with van der Waals surface area (Å²) in [6.07, 6.45) is -3.19. The fourth-order valence-electron chi connectivity index (χ4n) is 2.61. The summed E-state index contributed by atoms with van der Waals surface area (Å²) in [6, 6.07) is 7.45. The molecule has 0 bridgehead atoms. The lowest BCUT2D eigenvalue weighted by molar-refractivity contribution is -0.384. The molecule has 0 saturated heterocycles. The smallest absolute Gasteiger partial charge is 0.360 e. The van der Waals surface area contributed by atoms with E-state index in [9.17, 15) is 28.1 Å². The molecule has 0 aliphatic heterocycles. The summed E-state index contributed by atoms with van der Waals surface area (Å²) < 4.78 is 39.0. The normalized spacial score (nSPS) is 11.5. The number of nitro benzene ring substituents is 1. The van der Waals surface area contributed by atoms with E-state index in [4.69, 9.17) is 0 Å². The lowest BCUT2D eigenvalue weighted by Crippen LogP contribution is -2.13. The third-order valence-electron chi connectivity index (χ3n) is 3.92. The molecule has 0 saturated carbocycles. The van der Waals surface area contributed by atoms with Crippen LogP contribution in [0.1, 0.15) is 21.5 Å². The minimum Gasteiger partial charge on any atom is -0.360 e. The lowest BCUT2D eigenvalue weighted by atomic mass is 10.1. The highest BCUT2D eigenvalue weighted by molar-refractivity contribution is 6.13. The third-order valence-corrected chi connectivity index (χ3v) is 3.92. The number of amides is 1. The van der Waals surface area contributed by atoms with Gasteiger partial charge in [-0.05, 0) is 30.7 Å². The maximum absolute atomic E-state index is 13.0. The summed E-state index contributed by atoms with van der Waals surface area (Å²) in [4.78, 5) is 25.5. The Bertz CT molecular complexity index is 1030. The number of hydrogen-bond acceptors (Lipinski definition) is 3. The zero-order valence-electron chi connectivity index (χ0n) is 13.3. The van der Waals surface area contributed by atoms with E-state index in [1.165, 1.54) is 43.5 Å². The maximum Gasteiger partial charge on any atom is 0.416 e. The maximum atomic E-state index is 13.0. The number of nitrogens with one attached hydrogen (secondary N) is 2. The van der Waals surface area contributed by atoms with E-state index in [-0.39, 0.29) is 22.5 Å². The van der Waals surface area contributed by atoms with Crippen LogP contribution in [0.2, 0.25) is 0 Å². The minimum atomic E-state index is -4.54. The van der Waals surface area contributed by atoms with E-state index in [0.717, 1.165) is 6.07 Å². The predicted octanol–water partition coefficient (Wildman–Crippen LogP) is 4.66. The number of rotatable bonds is 3. The summed E-state index contributed by atoms with van der Waals surface area (Å²) in [6.45, 7) is 1.33. The first-order valence-electron chi connectivity index (χ1n) is 7.41. The Balaban J connectivity index is 1.95. The van der Waals surface area contributed by atoms with E-state index >= 15 is 0 Å². The lowest BCUT2D eigenvalue weighted by Gasteiger charge is -2.12. The number of halogens is 3. The molecule has 0 aliphatic rings. The highest BCUT2D eigenvalue weighted by Crippen LogP contribution is 2.33. The van der Waals surface area contributed by atoms with Gasteiger partial charge in [0.1, 0.15) is 0 Å². The predicted molar refractivity (Wildman–Crippen MR) is 89.1 cm³/mol. The number of aryl methyl sites for hydroxylation is 1. The molecule has 0 radical (unpaired) electrons. The number of benzene rings is 2. The van der Waals surface area contributed by atoms with Gasteiger partial charge in [-0.25, -0.2) is 0 Å². The topological polar surface area (TPSA) is 88.0 Å². The first kappa shape index (κ1) is 17.5. The molecular formula is C17H12F3N3O3. The number of nitro groups is 1. The van der Waals surface area contributed by atoms with Crippen molar-refractivity contribution in [3.63, 3.8) is 0 Å². The molecule has 2 N–H and O–H groups in total. The number of anilines is 1. The van der Waals surface area contributed by atoms with Crippen molar-refractivity contribution in [3.05, 3.63) is 69.4 Å². The zero-order chi connectivity index (χ0) is 19.1. The largest absolute Gasteiger partial charge is 0.416 e. The first-order chi connectivity index (χ1) is 12.2. The van der Waals surface area contributed by atoms with Crippen LogP contribution in [0.3, 0.4) is 0 Å². The van der Waals surface area contributed by atoms with Gasteiger partial charge in [0.2, 0.25) is 0 Å². The summed E-state index contributed by atoms with van der Waals surface area (Å²) in [5, 5.41) is 13.6. The third kappa shape index (κ3) is 3.23. The number of nitrogens with zero attached hydrogens (tertiary/aromatic N) is 1. The number of H-pyrrole nitrogens is 1. The fourth-order valence-corrected chi connectivity index (χ4v) is 2.61. The summed E-state index contributed by atoms with van der Waals surface area (Å²) >= 11 is 0. The van der Waals surface area contributed by atoms with Crippen LogP contribution in [0.5, 0.6) is 0 Å². The average molecular weight is 363 g/mol. The van der Waals surface area contributed by atoms with Crippen molar-refractivity contribution in [1.29, 1.82) is 0 Å². The average Bonchev–Trinajstić information content (AvgIpc) is 2.98. The Kier molecular flexibility index (Phi) is 4.15. The number of fused-ring (bicyclic) bond motifs is 1. The van der Waals surface area contributed by atoms with Crippen molar-refractivity contribution in [3.8, 4) is 0 Å². The molecule has 6 nitrogen and oxygen atoms in total. The Hall–Kier alpha value is -3.36. The van der Waals surface area contributed by atoms with Crippen LogP contribution in [-0.4, -0.2) is 15.8 Å². The molecule has 3 rings (SSSR count). The number of alkyl halides is 3. The molecule has 9 heteroatoms. The van der Waals surface area contributed by atoms with Crippen LogP contribution in [0.15, 0.2) is 42.6 Å². The highest BCUT2D eigenvalue weighted by Gasteiger charge is 2.32. The van der Waals surface area contributed by atoms with Gasteiger partial charge in [0.25, 0.3) is 11.6 Å². The van der Waals surface area contributed by atoms with E-state index in [1.807, 2.05) is 0 Å². The monoisotopic (exact) mass is 363 g/mol. The number of non-ortho nitro benzene ring substituents is 1. The number of hydrogen-bond donors (Lipinski definition) is 2. The molecule has 26 heavy (non-hydrogen) atoms. The SMILES string of the molecule is Cc1ccc(NC(=O)c2c[nH]c3ccc([N+](=O)[O-])cc23)cc1C(F)(F)F. The van der Waals surface area contributed by atoms with Gasteiger partial charge in [0, 0.05) is 34.9 Å². The van der Waals surface area contributed by atoms with Crippen LogP contribution in [0.4, 0.5) is 24.5 Å². The van der Waals surface area contributed by atoms with Gasteiger partial charge < -0.3 is 10.3 Å². The van der Waals surface area contributed by atoms with Crippen LogP contribution >= 0.6 is 0 Å². The summed E-state index contributed by atoms with van der Waals surface area (Å²) in [7, 11) is 0. The van der Waals surface area contributed by atoms with Gasteiger partial charge in [-0.1, -0.05) is 6.07 Å². The molecule has 2 aromatic carbocycles. The fraction of sp³-hybridized carbons (Fsp3) is 0.118. The molecule has 0 fully saturated rings. The Labute approximate surface area is 144 Å². The second-order valence-corrected chi connectivity index (χ2v) is 5.67. The zero-order valence-corrected chi connectivity index (χ0v) is 13.3. The van der Waals surface area contributed by atoms with Crippen molar-refractivity contribution in [2.24, 2.45) is 0 Å². The highest BCUT2D eigenvalue weighted by atomic mass is 19.4. The van der Waals surface area contributed by atoms with Crippen molar-refractivity contribution in [2.75, 3.05) is 5.32 Å². The molecule has 1 heterocycles. The quantitative estimate of drug-likeness (QED) is 0.524. The Morgan fingerprint density at radius 3 is 2.58 bits per heavy atom. The number of carbonyl (C=O) groups is 1. The van der Waals surface area contributed by atoms with Crippen molar-refractivity contribution >= 4 is 28.2 Å². The van der Waals surface area contributed by atoms with Crippen molar-refractivity contribution < 1.29 is 22.9 Å². The van der Waals surface area contributed by atoms with Gasteiger partial charge in [0.05, 0.1) is 16.1 Å². The van der Waals surface area contributed by atoms with E-state index < -0.39 is 22.6 Å². The Morgan fingerprint density at radius 2 is 1.92 bits per heavy atom. The van der Waals surface area contributed by atoms with E-state index in [2.05, 4.69) is 10.3 Å². The second kappa shape index (κ2) is 6.17. The van der Waals surface area contributed by atoms with Gasteiger partial charge in [-0.2, -0.15) is 13.2 Å². The molecule has 1 aromatic heterocycles. The summed E-state index contributed by atoms with van der Waals surface area (Å²) in [5.74, 6) is -0.672. The molecular weight excluding hydrogens is 351 g/mol. The molecule has 0 aliphatic carbocycles. The van der Waals surface area contributed by atoms with Crippen LogP contribution in [0.25, 0.3) is 10.9 Å². The molecule has 0 unspecified atom stereocenters. The Morgan fingerprint density at radius 1 is 1.19 bits per heavy atom. The van der Waals surface area contributed by atoms with E-state index in [0.29, 0.717) is 10.9 Å². The number of aromatic amines is 1. The molecule has 3 aromatic rings. The van der Waals surface area contributed by atoms with Gasteiger partial charge >= 0.3 is 6.18 Å². The minimum absolute atomic E-state index is 0.0206.